The average Bonchev–Trinajstić information content (AvgIpc) is 2.61. The number of thioether (sulfide) groups is 2. The van der Waals surface area contributed by atoms with Gasteiger partial charge in [-0.2, -0.15) is 0 Å². The van der Waals surface area contributed by atoms with Gasteiger partial charge in [-0.25, -0.2) is 0 Å². The van der Waals surface area contributed by atoms with Crippen LogP contribution in [0.3, 0.4) is 0 Å². The molecular weight excluding hydrogens is 332 g/mol. The van der Waals surface area contributed by atoms with E-state index in [2.05, 4.69) is 61.7 Å². The molecule has 0 spiro atoms. The van der Waals surface area contributed by atoms with Gasteiger partial charge in [0.1, 0.15) is 0 Å². The van der Waals surface area contributed by atoms with Gasteiger partial charge in [0.05, 0.1) is 10.7 Å². The smallest absolute Gasteiger partial charge is 0.0765 e. The molecule has 0 saturated heterocycles. The number of benzene rings is 2. The topological polar surface area (TPSA) is 20.2 Å². The van der Waals surface area contributed by atoms with Crippen molar-refractivity contribution in [2.24, 2.45) is 0 Å². The van der Waals surface area contributed by atoms with Crippen molar-refractivity contribution in [3.05, 3.63) is 83.9 Å². The monoisotopic (exact) mass is 356 g/mol. The molecular formula is C21H24OS2. The molecule has 0 amide bonds. The maximum atomic E-state index is 10.1. The third-order valence-electron chi connectivity index (χ3n) is 3.60. The molecule has 0 heterocycles. The Hall–Kier alpha value is -1.42. The van der Waals surface area contributed by atoms with E-state index in [1.54, 1.807) is 23.5 Å². The van der Waals surface area contributed by atoms with Crippen LogP contribution in [0.5, 0.6) is 0 Å². The molecule has 1 N–H and O–H groups in total. The molecule has 0 fully saturated rings. The number of hydrogen-bond donors (Lipinski definition) is 1. The maximum Gasteiger partial charge on any atom is 0.0765 e. The van der Waals surface area contributed by atoms with Gasteiger partial charge in [0.25, 0.3) is 0 Å². The third kappa shape index (κ3) is 5.90. The Bertz CT molecular complexity index is 624. The zero-order chi connectivity index (χ0) is 17.4. The van der Waals surface area contributed by atoms with Crippen LogP contribution in [-0.4, -0.2) is 15.8 Å². The predicted molar refractivity (Wildman–Crippen MR) is 111 cm³/mol. The first-order chi connectivity index (χ1) is 11.6. The predicted octanol–water partition coefficient (Wildman–Crippen LogP) is 5.85. The van der Waals surface area contributed by atoms with E-state index in [0.29, 0.717) is 0 Å². The van der Waals surface area contributed by atoms with E-state index in [4.69, 9.17) is 0 Å². The highest BCUT2D eigenvalue weighted by Gasteiger charge is 2.16. The summed E-state index contributed by atoms with van der Waals surface area (Å²) < 4.78 is 0.143. The maximum absolute atomic E-state index is 10.1. The lowest BCUT2D eigenvalue weighted by molar-refractivity contribution is 0.213. The van der Waals surface area contributed by atoms with E-state index in [1.807, 2.05) is 19.1 Å². The fraction of sp³-hybridized carbons (Fsp3) is 0.238. The molecule has 2 aromatic rings. The van der Waals surface area contributed by atoms with Gasteiger partial charge in [-0.15, -0.1) is 23.5 Å². The minimum atomic E-state index is -0.356. The number of hydrogen-bond acceptors (Lipinski definition) is 3. The molecule has 2 aromatic carbocycles. The van der Waals surface area contributed by atoms with Gasteiger partial charge in [-0.3, -0.25) is 0 Å². The van der Waals surface area contributed by atoms with Crippen LogP contribution >= 0.6 is 23.5 Å². The molecule has 0 aliphatic rings. The highest BCUT2D eigenvalue weighted by Crippen LogP contribution is 2.32. The van der Waals surface area contributed by atoms with Crippen molar-refractivity contribution in [2.75, 3.05) is 0 Å². The highest BCUT2D eigenvalue weighted by molar-refractivity contribution is 8.16. The lowest BCUT2D eigenvalue weighted by atomic mass is 10.1. The fourth-order valence-electron chi connectivity index (χ4n) is 2.30. The van der Waals surface area contributed by atoms with Gasteiger partial charge in [0.2, 0.25) is 0 Å². The molecule has 1 nitrogen and oxygen atoms in total. The van der Waals surface area contributed by atoms with E-state index in [0.717, 1.165) is 22.6 Å². The van der Waals surface area contributed by atoms with E-state index in [1.165, 1.54) is 11.1 Å². The largest absolute Gasteiger partial charge is 0.391 e. The summed E-state index contributed by atoms with van der Waals surface area (Å²) in [6.45, 7) is 9.50. The first-order valence-electron chi connectivity index (χ1n) is 7.96. The first-order valence-corrected chi connectivity index (χ1v) is 10.1. The standard InChI is InChI=1S/C21H24OS2/c1-4-17-8-6-10-19(12-17)14-23-21(16(3)22)24-15-20-11-7-9-18(5-2)13-20/h4-13,16,21-22H,1-2,14-15H2,3H3. The van der Waals surface area contributed by atoms with Gasteiger partial charge >= 0.3 is 0 Å². The molecule has 1 atom stereocenters. The van der Waals surface area contributed by atoms with Crippen molar-refractivity contribution in [3.8, 4) is 0 Å². The molecule has 0 aliphatic carbocycles. The Kier molecular flexibility index (Phi) is 7.70. The summed E-state index contributed by atoms with van der Waals surface area (Å²) >= 11 is 3.58. The van der Waals surface area contributed by atoms with Gasteiger partial charge in [0.15, 0.2) is 0 Å². The molecule has 0 saturated carbocycles. The van der Waals surface area contributed by atoms with Crippen molar-refractivity contribution in [1.29, 1.82) is 0 Å². The zero-order valence-corrected chi connectivity index (χ0v) is 15.7. The molecule has 3 heteroatoms. The Morgan fingerprint density at radius 3 is 1.75 bits per heavy atom. The highest BCUT2D eigenvalue weighted by atomic mass is 32.2. The molecule has 126 valence electrons. The van der Waals surface area contributed by atoms with E-state index < -0.39 is 0 Å². The summed E-state index contributed by atoms with van der Waals surface area (Å²) in [6, 6.07) is 16.8. The number of rotatable bonds is 9. The van der Waals surface area contributed by atoms with Crippen LogP contribution in [0.2, 0.25) is 0 Å². The van der Waals surface area contributed by atoms with Crippen LogP contribution in [0, 0.1) is 0 Å². The van der Waals surface area contributed by atoms with E-state index >= 15 is 0 Å². The number of aliphatic hydroxyl groups excluding tert-OH is 1. The summed E-state index contributed by atoms with van der Waals surface area (Å²) in [5, 5.41) is 10.1. The van der Waals surface area contributed by atoms with E-state index in [9.17, 15) is 5.11 Å². The normalized spacial score (nSPS) is 12.1. The van der Waals surface area contributed by atoms with Gasteiger partial charge in [-0.05, 0) is 29.2 Å². The summed E-state index contributed by atoms with van der Waals surface area (Å²) in [6.07, 6.45) is 3.37. The minimum absolute atomic E-state index is 0.143. The van der Waals surface area contributed by atoms with Crippen LogP contribution in [0.25, 0.3) is 12.2 Å². The van der Waals surface area contributed by atoms with Crippen molar-refractivity contribution in [2.45, 2.75) is 29.1 Å². The van der Waals surface area contributed by atoms with Crippen LogP contribution in [0.1, 0.15) is 29.2 Å². The van der Waals surface area contributed by atoms with Crippen molar-refractivity contribution >= 4 is 35.7 Å². The quantitative estimate of drug-likeness (QED) is 0.569. The summed E-state index contributed by atoms with van der Waals surface area (Å²) in [5.74, 6) is 1.77. The third-order valence-corrected chi connectivity index (χ3v) is 6.86. The number of aliphatic hydroxyl groups is 1. The Morgan fingerprint density at radius 1 is 0.917 bits per heavy atom. The Balaban J connectivity index is 1.93. The molecule has 24 heavy (non-hydrogen) atoms. The van der Waals surface area contributed by atoms with Crippen LogP contribution in [-0.2, 0) is 11.5 Å². The summed E-state index contributed by atoms with van der Waals surface area (Å²) in [5.41, 5.74) is 4.79. The van der Waals surface area contributed by atoms with Gasteiger partial charge in [0, 0.05) is 11.5 Å². The van der Waals surface area contributed by atoms with Crippen LogP contribution in [0.4, 0.5) is 0 Å². The SMILES string of the molecule is C=Cc1cccc(CSC(SCc2cccc(C=C)c2)C(C)O)c1. The molecule has 2 rings (SSSR count). The molecule has 0 radical (unpaired) electrons. The average molecular weight is 357 g/mol. The van der Waals surface area contributed by atoms with Crippen molar-refractivity contribution in [1.82, 2.24) is 0 Å². The lowest BCUT2D eigenvalue weighted by Crippen LogP contribution is -2.16. The second kappa shape index (κ2) is 9.77. The fourth-order valence-corrected chi connectivity index (χ4v) is 4.73. The molecule has 1 unspecified atom stereocenters. The van der Waals surface area contributed by atoms with Crippen molar-refractivity contribution in [3.63, 3.8) is 0 Å². The summed E-state index contributed by atoms with van der Waals surface area (Å²) in [4.78, 5) is 0. The first kappa shape index (κ1) is 18.9. The lowest BCUT2D eigenvalue weighted by Gasteiger charge is -2.19. The zero-order valence-electron chi connectivity index (χ0n) is 14.0. The Labute approximate surface area is 153 Å². The molecule has 0 aromatic heterocycles. The van der Waals surface area contributed by atoms with Crippen LogP contribution < -0.4 is 0 Å². The van der Waals surface area contributed by atoms with Gasteiger partial charge < -0.3 is 5.11 Å². The Morgan fingerprint density at radius 2 is 1.38 bits per heavy atom. The van der Waals surface area contributed by atoms with Crippen molar-refractivity contribution < 1.29 is 5.11 Å². The minimum Gasteiger partial charge on any atom is -0.391 e. The second-order valence-electron chi connectivity index (χ2n) is 5.63. The second-order valence-corrected chi connectivity index (χ2v) is 8.19. The van der Waals surface area contributed by atoms with Gasteiger partial charge in [-0.1, -0.05) is 73.8 Å². The molecule has 0 bridgehead atoms. The van der Waals surface area contributed by atoms with E-state index in [-0.39, 0.29) is 10.7 Å². The van der Waals surface area contributed by atoms with Crippen LogP contribution in [0.15, 0.2) is 61.7 Å². The molecule has 0 aliphatic heterocycles. The summed E-state index contributed by atoms with van der Waals surface area (Å²) in [7, 11) is 0.